The molecule has 0 spiro atoms. The van der Waals surface area contributed by atoms with Crippen molar-refractivity contribution in [1.82, 2.24) is 4.90 Å². The van der Waals surface area contributed by atoms with E-state index in [0.29, 0.717) is 24.6 Å². The van der Waals surface area contributed by atoms with Gasteiger partial charge in [0.1, 0.15) is 0 Å². The number of carbonyl (C=O) groups is 2. The Hall–Kier alpha value is -2.92. The van der Waals surface area contributed by atoms with Gasteiger partial charge in [-0.25, -0.2) is 4.79 Å². The molecular formula is C26H27NO3S. The number of hydrogen-bond acceptors (Lipinski definition) is 4. The van der Waals surface area contributed by atoms with Gasteiger partial charge >= 0.3 is 5.97 Å². The van der Waals surface area contributed by atoms with Crippen LogP contribution >= 0.6 is 11.3 Å². The molecule has 0 unspecified atom stereocenters. The number of ether oxygens (including phenoxy) is 1. The molecule has 160 valence electrons. The van der Waals surface area contributed by atoms with Crippen molar-refractivity contribution in [3.8, 4) is 0 Å². The SMILES string of the molecule is C[C@H]1CCc2c(C(=O)OCC(=O)N(Cc3ccccc3)Cc3ccccc3)csc2C1. The van der Waals surface area contributed by atoms with E-state index in [9.17, 15) is 9.59 Å². The Labute approximate surface area is 187 Å². The van der Waals surface area contributed by atoms with Gasteiger partial charge in [-0.15, -0.1) is 11.3 Å². The summed E-state index contributed by atoms with van der Waals surface area (Å²) in [6.45, 7) is 2.93. The van der Waals surface area contributed by atoms with Crippen LogP contribution in [0.3, 0.4) is 0 Å². The van der Waals surface area contributed by atoms with Crippen molar-refractivity contribution in [3.05, 3.63) is 93.2 Å². The van der Waals surface area contributed by atoms with Crippen molar-refractivity contribution in [1.29, 1.82) is 0 Å². The van der Waals surface area contributed by atoms with E-state index in [4.69, 9.17) is 4.74 Å². The van der Waals surface area contributed by atoms with Gasteiger partial charge in [0.05, 0.1) is 5.56 Å². The van der Waals surface area contributed by atoms with Crippen molar-refractivity contribution in [3.63, 3.8) is 0 Å². The highest BCUT2D eigenvalue weighted by Gasteiger charge is 2.25. The molecule has 0 N–H and O–H groups in total. The molecule has 0 bridgehead atoms. The molecule has 0 fully saturated rings. The molecule has 0 radical (unpaired) electrons. The van der Waals surface area contributed by atoms with Crippen LogP contribution in [0.5, 0.6) is 0 Å². The number of amides is 1. The lowest BCUT2D eigenvalue weighted by Gasteiger charge is -2.23. The highest BCUT2D eigenvalue weighted by atomic mass is 32.1. The van der Waals surface area contributed by atoms with Gasteiger partial charge in [-0.2, -0.15) is 0 Å². The second-order valence-corrected chi connectivity index (χ2v) is 9.16. The zero-order chi connectivity index (χ0) is 21.6. The molecule has 3 aromatic rings. The lowest BCUT2D eigenvalue weighted by molar-refractivity contribution is -0.135. The highest BCUT2D eigenvalue weighted by molar-refractivity contribution is 7.10. The predicted molar refractivity (Wildman–Crippen MR) is 123 cm³/mol. The Kier molecular flexibility index (Phi) is 6.82. The largest absolute Gasteiger partial charge is 0.452 e. The van der Waals surface area contributed by atoms with E-state index in [1.54, 1.807) is 16.2 Å². The van der Waals surface area contributed by atoms with Gasteiger partial charge in [-0.3, -0.25) is 4.79 Å². The predicted octanol–water partition coefficient (Wildman–Crippen LogP) is 5.26. The topological polar surface area (TPSA) is 46.6 Å². The summed E-state index contributed by atoms with van der Waals surface area (Å²) in [6, 6.07) is 19.7. The Morgan fingerprint density at radius 3 is 2.23 bits per heavy atom. The van der Waals surface area contributed by atoms with E-state index in [0.717, 1.165) is 36.0 Å². The van der Waals surface area contributed by atoms with Crippen molar-refractivity contribution in [2.45, 2.75) is 39.3 Å². The zero-order valence-electron chi connectivity index (χ0n) is 17.8. The molecule has 1 amide bonds. The van der Waals surface area contributed by atoms with Crippen LogP contribution in [0.1, 0.15) is 45.3 Å². The first-order valence-electron chi connectivity index (χ1n) is 10.7. The van der Waals surface area contributed by atoms with E-state index in [-0.39, 0.29) is 18.5 Å². The van der Waals surface area contributed by atoms with Gasteiger partial charge in [0.15, 0.2) is 6.61 Å². The average molecular weight is 434 g/mol. The number of rotatable bonds is 7. The Morgan fingerprint density at radius 1 is 1.00 bits per heavy atom. The molecule has 1 atom stereocenters. The molecule has 0 aliphatic heterocycles. The quantitative estimate of drug-likeness (QED) is 0.478. The summed E-state index contributed by atoms with van der Waals surface area (Å²) in [5.41, 5.74) is 3.83. The van der Waals surface area contributed by atoms with Crippen molar-refractivity contribution >= 4 is 23.2 Å². The normalized spacial score (nSPS) is 15.2. The molecule has 1 aliphatic carbocycles. The van der Waals surface area contributed by atoms with E-state index in [1.165, 1.54) is 4.88 Å². The summed E-state index contributed by atoms with van der Waals surface area (Å²) >= 11 is 1.63. The average Bonchev–Trinajstić information content (AvgIpc) is 3.21. The van der Waals surface area contributed by atoms with Crippen LogP contribution in [-0.4, -0.2) is 23.4 Å². The molecule has 1 aliphatic rings. The molecule has 5 heteroatoms. The van der Waals surface area contributed by atoms with Gasteiger partial charge in [-0.1, -0.05) is 67.6 Å². The fraction of sp³-hybridized carbons (Fsp3) is 0.308. The van der Waals surface area contributed by atoms with Gasteiger partial charge < -0.3 is 9.64 Å². The van der Waals surface area contributed by atoms with E-state index in [2.05, 4.69) is 6.92 Å². The van der Waals surface area contributed by atoms with Crippen molar-refractivity contribution in [2.75, 3.05) is 6.61 Å². The zero-order valence-corrected chi connectivity index (χ0v) is 18.6. The van der Waals surface area contributed by atoms with Gasteiger partial charge in [0.25, 0.3) is 5.91 Å². The third-order valence-electron chi connectivity index (χ3n) is 5.73. The first-order valence-corrected chi connectivity index (χ1v) is 11.6. The van der Waals surface area contributed by atoms with Crippen LogP contribution in [0, 0.1) is 5.92 Å². The van der Waals surface area contributed by atoms with Crippen LogP contribution in [0.2, 0.25) is 0 Å². The summed E-state index contributed by atoms with van der Waals surface area (Å²) in [7, 11) is 0. The Morgan fingerprint density at radius 2 is 1.61 bits per heavy atom. The lowest BCUT2D eigenvalue weighted by atomic mass is 9.88. The lowest BCUT2D eigenvalue weighted by Crippen LogP contribution is -2.34. The van der Waals surface area contributed by atoms with Crippen LogP contribution in [0.4, 0.5) is 0 Å². The van der Waals surface area contributed by atoms with E-state index < -0.39 is 0 Å². The van der Waals surface area contributed by atoms with Crippen molar-refractivity contribution < 1.29 is 14.3 Å². The van der Waals surface area contributed by atoms with Gasteiger partial charge in [0.2, 0.25) is 0 Å². The summed E-state index contributed by atoms with van der Waals surface area (Å²) in [5.74, 6) is 0.0691. The first kappa shape index (κ1) is 21.3. The molecule has 2 aromatic carbocycles. The molecule has 4 nitrogen and oxygen atoms in total. The number of benzene rings is 2. The van der Waals surface area contributed by atoms with Crippen LogP contribution in [0.15, 0.2) is 66.0 Å². The molecular weight excluding hydrogens is 406 g/mol. The highest BCUT2D eigenvalue weighted by Crippen LogP contribution is 2.33. The fourth-order valence-corrected chi connectivity index (χ4v) is 5.22. The third-order valence-corrected chi connectivity index (χ3v) is 6.78. The number of esters is 1. The maximum atomic E-state index is 13.0. The molecule has 0 saturated carbocycles. The van der Waals surface area contributed by atoms with Crippen molar-refractivity contribution in [2.24, 2.45) is 5.92 Å². The summed E-state index contributed by atoms with van der Waals surface area (Å²) in [4.78, 5) is 28.7. The van der Waals surface area contributed by atoms with Crippen LogP contribution in [0.25, 0.3) is 0 Å². The Balaban J connectivity index is 1.42. The molecule has 0 saturated heterocycles. The molecule has 31 heavy (non-hydrogen) atoms. The summed E-state index contributed by atoms with van der Waals surface area (Å²) in [6.07, 6.45) is 3.02. The second kappa shape index (κ2) is 9.92. The number of nitrogens with zero attached hydrogens (tertiary/aromatic N) is 1. The number of fused-ring (bicyclic) bond motifs is 1. The van der Waals surface area contributed by atoms with E-state index in [1.807, 2.05) is 66.0 Å². The fourth-order valence-electron chi connectivity index (χ4n) is 3.98. The maximum absolute atomic E-state index is 13.0. The minimum atomic E-state index is -0.389. The molecule has 4 rings (SSSR count). The summed E-state index contributed by atoms with van der Waals surface area (Å²) in [5, 5.41) is 1.89. The molecule has 1 heterocycles. The smallest absolute Gasteiger partial charge is 0.339 e. The minimum Gasteiger partial charge on any atom is -0.452 e. The van der Waals surface area contributed by atoms with Crippen LogP contribution in [-0.2, 0) is 35.5 Å². The monoisotopic (exact) mass is 433 g/mol. The third kappa shape index (κ3) is 5.42. The van der Waals surface area contributed by atoms with Gasteiger partial charge in [-0.05, 0) is 41.9 Å². The number of thiophene rings is 1. The second-order valence-electron chi connectivity index (χ2n) is 8.20. The molecule has 1 aromatic heterocycles. The van der Waals surface area contributed by atoms with Crippen LogP contribution < -0.4 is 0 Å². The maximum Gasteiger partial charge on any atom is 0.339 e. The first-order chi connectivity index (χ1) is 15.1. The van der Waals surface area contributed by atoms with E-state index >= 15 is 0 Å². The number of hydrogen-bond donors (Lipinski definition) is 0. The minimum absolute atomic E-state index is 0.196. The summed E-state index contributed by atoms with van der Waals surface area (Å²) < 4.78 is 5.47. The number of carbonyl (C=O) groups excluding carboxylic acids is 2. The van der Waals surface area contributed by atoms with Gasteiger partial charge in [0, 0.05) is 23.3 Å². The standard InChI is InChI=1S/C26H27NO3S/c1-19-12-13-22-23(18-31-24(22)14-19)26(29)30-17-25(28)27(15-20-8-4-2-5-9-20)16-21-10-6-3-7-11-21/h2-11,18-19H,12-17H2,1H3/t19-/m0/s1. The Bertz CT molecular complexity index is 988.